The number of hydrogen-bond donors (Lipinski definition) is 1. The summed E-state index contributed by atoms with van der Waals surface area (Å²) in [7, 11) is 0. The van der Waals surface area contributed by atoms with Crippen LogP contribution >= 0.6 is 0 Å². The summed E-state index contributed by atoms with van der Waals surface area (Å²) in [5, 5.41) is 8.46. The molecular weight excluding hydrogens is 219 g/mol. The third kappa shape index (κ3) is 18.0. The fourth-order valence-corrected chi connectivity index (χ4v) is 1.94. The molecule has 0 rings (SSSR count). The quantitative estimate of drug-likeness (QED) is 0.497. The van der Waals surface area contributed by atoms with E-state index in [9.17, 15) is 4.79 Å². The summed E-state index contributed by atoms with van der Waals surface area (Å²) in [5.41, 5.74) is 0. The summed E-state index contributed by atoms with van der Waals surface area (Å²) in [6.07, 6.45) is 14.4. The Morgan fingerprint density at radius 1 is 0.765 bits per heavy atom. The molecule has 0 saturated heterocycles. The van der Waals surface area contributed by atoms with Crippen LogP contribution in [-0.2, 0) is 4.79 Å². The maximum Gasteiger partial charge on any atom is 0.303 e. The van der Waals surface area contributed by atoms with E-state index in [0.717, 1.165) is 12.8 Å². The second-order valence-electron chi connectivity index (χ2n) is 4.68. The summed E-state index contributed by atoms with van der Waals surface area (Å²) >= 11 is 0. The zero-order valence-corrected chi connectivity index (χ0v) is 11.2. The molecule has 0 amide bonds. The lowest BCUT2D eigenvalue weighted by Crippen LogP contribution is -1.93. The highest BCUT2D eigenvalue weighted by atomic mass is 19.0. The predicted molar refractivity (Wildman–Crippen MR) is 71.2 cm³/mol. The van der Waals surface area contributed by atoms with E-state index in [2.05, 4.69) is 6.92 Å². The molecule has 3 heteroatoms. The molecule has 0 aromatic carbocycles. The monoisotopic (exact) mass is 248 g/mol. The molecule has 0 heterocycles. The van der Waals surface area contributed by atoms with Crippen LogP contribution in [0.2, 0.25) is 0 Å². The first kappa shape index (κ1) is 18.8. The standard InChI is InChI=1S/C14H28O2.FH/c1-2-3-4-5-6-7-8-9-10-11-12-13-14(15)16;/h2-13H2,1H3,(H,15,16);1H. The molecule has 2 nitrogen and oxygen atoms in total. The Balaban J connectivity index is 0. The maximum absolute atomic E-state index is 10.3. The molecule has 0 radical (unpaired) electrons. The topological polar surface area (TPSA) is 37.3 Å². The van der Waals surface area contributed by atoms with Gasteiger partial charge in [-0.25, -0.2) is 0 Å². The van der Waals surface area contributed by atoms with Crippen molar-refractivity contribution in [2.75, 3.05) is 0 Å². The van der Waals surface area contributed by atoms with Crippen LogP contribution in [0.15, 0.2) is 0 Å². The van der Waals surface area contributed by atoms with Gasteiger partial charge < -0.3 is 5.11 Å². The lowest BCUT2D eigenvalue weighted by Gasteiger charge is -2.01. The Bertz CT molecular complexity index is 160. The SMILES string of the molecule is CCCCCCCCCCCCCC(=O)O.F. The number of rotatable bonds is 12. The van der Waals surface area contributed by atoms with E-state index < -0.39 is 5.97 Å². The number of halogens is 1. The third-order valence-corrected chi connectivity index (χ3v) is 2.99. The van der Waals surface area contributed by atoms with Crippen LogP contribution in [0.5, 0.6) is 0 Å². The summed E-state index contributed by atoms with van der Waals surface area (Å²) in [6.45, 7) is 2.25. The first-order chi connectivity index (χ1) is 7.77. The van der Waals surface area contributed by atoms with Gasteiger partial charge in [-0.1, -0.05) is 71.1 Å². The van der Waals surface area contributed by atoms with Gasteiger partial charge in [0.05, 0.1) is 0 Å². The molecule has 0 aromatic rings. The molecule has 1 N–H and O–H groups in total. The minimum Gasteiger partial charge on any atom is -0.481 e. The highest BCUT2D eigenvalue weighted by Crippen LogP contribution is 2.11. The largest absolute Gasteiger partial charge is 0.481 e. The van der Waals surface area contributed by atoms with E-state index in [1.165, 1.54) is 57.8 Å². The summed E-state index contributed by atoms with van der Waals surface area (Å²) in [6, 6.07) is 0. The Hall–Kier alpha value is -0.600. The van der Waals surface area contributed by atoms with Crippen molar-refractivity contribution in [2.24, 2.45) is 0 Å². The normalized spacial score (nSPS) is 9.94. The first-order valence-electron chi connectivity index (χ1n) is 6.99. The van der Waals surface area contributed by atoms with Crippen LogP contribution in [-0.4, -0.2) is 11.1 Å². The average molecular weight is 248 g/mol. The van der Waals surface area contributed by atoms with Gasteiger partial charge in [0, 0.05) is 6.42 Å². The maximum atomic E-state index is 10.3. The van der Waals surface area contributed by atoms with Gasteiger partial charge in [0.25, 0.3) is 0 Å². The molecule has 0 aliphatic carbocycles. The van der Waals surface area contributed by atoms with E-state index in [1.54, 1.807) is 0 Å². The second-order valence-corrected chi connectivity index (χ2v) is 4.68. The highest BCUT2D eigenvalue weighted by molar-refractivity contribution is 5.66. The zero-order valence-electron chi connectivity index (χ0n) is 11.2. The Kier molecular flexibility index (Phi) is 17.0. The van der Waals surface area contributed by atoms with Crippen LogP contribution in [0.25, 0.3) is 0 Å². The number of carbonyl (C=O) groups is 1. The predicted octanol–water partition coefficient (Wildman–Crippen LogP) is 4.92. The van der Waals surface area contributed by atoms with Crippen molar-refractivity contribution in [1.29, 1.82) is 0 Å². The fraction of sp³-hybridized carbons (Fsp3) is 0.929. The van der Waals surface area contributed by atoms with Crippen LogP contribution in [0, 0.1) is 0 Å². The fourth-order valence-electron chi connectivity index (χ4n) is 1.94. The van der Waals surface area contributed by atoms with Gasteiger partial charge in [0.15, 0.2) is 0 Å². The van der Waals surface area contributed by atoms with Crippen molar-refractivity contribution in [3.63, 3.8) is 0 Å². The molecule has 0 bridgehead atoms. The summed E-state index contributed by atoms with van der Waals surface area (Å²) in [4.78, 5) is 10.3. The van der Waals surface area contributed by atoms with Crippen molar-refractivity contribution >= 4 is 5.97 Å². The van der Waals surface area contributed by atoms with E-state index in [4.69, 9.17) is 5.11 Å². The van der Waals surface area contributed by atoms with Crippen molar-refractivity contribution < 1.29 is 14.6 Å². The van der Waals surface area contributed by atoms with Crippen molar-refractivity contribution in [1.82, 2.24) is 0 Å². The molecule has 0 aliphatic rings. The van der Waals surface area contributed by atoms with E-state index in [0.29, 0.717) is 6.42 Å². The molecular formula is C14H29FO2. The number of unbranched alkanes of at least 4 members (excludes halogenated alkanes) is 10. The lowest BCUT2D eigenvalue weighted by molar-refractivity contribution is -0.137. The molecule has 0 atom stereocenters. The van der Waals surface area contributed by atoms with Crippen LogP contribution in [0.1, 0.15) is 84.0 Å². The Morgan fingerprint density at radius 3 is 1.47 bits per heavy atom. The first-order valence-corrected chi connectivity index (χ1v) is 6.99. The van der Waals surface area contributed by atoms with Crippen LogP contribution < -0.4 is 0 Å². The third-order valence-electron chi connectivity index (χ3n) is 2.99. The molecule has 17 heavy (non-hydrogen) atoms. The number of hydrogen-bond acceptors (Lipinski definition) is 1. The average Bonchev–Trinajstić information content (AvgIpc) is 2.25. The molecule has 0 saturated carbocycles. The molecule has 104 valence electrons. The van der Waals surface area contributed by atoms with E-state index in [1.807, 2.05) is 0 Å². The summed E-state index contributed by atoms with van der Waals surface area (Å²) in [5.74, 6) is -0.657. The van der Waals surface area contributed by atoms with Gasteiger partial charge in [-0.2, -0.15) is 0 Å². The van der Waals surface area contributed by atoms with Gasteiger partial charge in [-0.15, -0.1) is 0 Å². The molecule has 0 aromatic heterocycles. The van der Waals surface area contributed by atoms with Gasteiger partial charge in [-0.3, -0.25) is 9.50 Å². The number of carboxylic acids is 1. The van der Waals surface area contributed by atoms with Gasteiger partial charge in [0.1, 0.15) is 0 Å². The van der Waals surface area contributed by atoms with E-state index >= 15 is 0 Å². The minimum atomic E-state index is -0.657. The van der Waals surface area contributed by atoms with Crippen molar-refractivity contribution in [3.05, 3.63) is 0 Å². The van der Waals surface area contributed by atoms with Gasteiger partial charge >= 0.3 is 5.97 Å². The molecule has 0 spiro atoms. The lowest BCUT2D eigenvalue weighted by atomic mass is 10.1. The van der Waals surface area contributed by atoms with Gasteiger partial charge in [-0.05, 0) is 6.42 Å². The molecule has 0 aliphatic heterocycles. The molecule has 0 fully saturated rings. The Morgan fingerprint density at radius 2 is 1.12 bits per heavy atom. The van der Waals surface area contributed by atoms with Gasteiger partial charge in [0.2, 0.25) is 0 Å². The minimum absolute atomic E-state index is 0. The number of carboxylic acid groups (broad SMARTS) is 1. The van der Waals surface area contributed by atoms with Crippen molar-refractivity contribution in [2.45, 2.75) is 84.0 Å². The second kappa shape index (κ2) is 15.4. The van der Waals surface area contributed by atoms with Crippen LogP contribution in [0.4, 0.5) is 4.70 Å². The smallest absolute Gasteiger partial charge is 0.303 e. The van der Waals surface area contributed by atoms with E-state index in [-0.39, 0.29) is 4.70 Å². The molecule has 0 unspecified atom stereocenters. The highest BCUT2D eigenvalue weighted by Gasteiger charge is 1.96. The Labute approximate surface area is 105 Å². The van der Waals surface area contributed by atoms with Crippen molar-refractivity contribution in [3.8, 4) is 0 Å². The number of aliphatic carboxylic acids is 1. The van der Waals surface area contributed by atoms with Crippen LogP contribution in [0.3, 0.4) is 0 Å². The summed E-state index contributed by atoms with van der Waals surface area (Å²) < 4.78 is 0. The zero-order chi connectivity index (χ0) is 12.1.